The van der Waals surface area contributed by atoms with Crippen LogP contribution in [0.5, 0.6) is 11.5 Å². The standard InChI is InChI=1S/C15H20N2O3/c18-15(17-11-5-3-4-8-16-9-11)14-10-19-12-6-1-2-7-13(12)20-14/h1-2,6-7,11,14,16H,3-5,8-10H2,(H,17,18). The van der Waals surface area contributed by atoms with Gasteiger partial charge in [-0.2, -0.15) is 0 Å². The number of fused-ring (bicyclic) bond motifs is 1. The molecule has 0 saturated carbocycles. The molecule has 0 bridgehead atoms. The van der Waals surface area contributed by atoms with Gasteiger partial charge in [0.15, 0.2) is 11.5 Å². The topological polar surface area (TPSA) is 59.6 Å². The van der Waals surface area contributed by atoms with E-state index in [1.165, 1.54) is 6.42 Å². The van der Waals surface area contributed by atoms with Gasteiger partial charge in [0, 0.05) is 12.6 Å². The van der Waals surface area contributed by atoms with Crippen molar-refractivity contribution in [2.45, 2.75) is 31.4 Å². The number of benzene rings is 1. The minimum atomic E-state index is -0.562. The summed E-state index contributed by atoms with van der Waals surface area (Å²) in [5.41, 5.74) is 0. The number of amides is 1. The van der Waals surface area contributed by atoms with Crippen LogP contribution in [0.4, 0.5) is 0 Å². The maximum Gasteiger partial charge on any atom is 0.264 e. The van der Waals surface area contributed by atoms with Crippen LogP contribution in [0.2, 0.25) is 0 Å². The van der Waals surface area contributed by atoms with Gasteiger partial charge in [-0.05, 0) is 31.5 Å². The molecule has 0 radical (unpaired) electrons. The average molecular weight is 276 g/mol. The maximum absolute atomic E-state index is 12.2. The van der Waals surface area contributed by atoms with E-state index in [1.807, 2.05) is 24.3 Å². The minimum absolute atomic E-state index is 0.0896. The van der Waals surface area contributed by atoms with Gasteiger partial charge >= 0.3 is 0 Å². The number of ether oxygens (including phenoxy) is 2. The van der Waals surface area contributed by atoms with Crippen LogP contribution in [0.15, 0.2) is 24.3 Å². The molecule has 20 heavy (non-hydrogen) atoms. The van der Waals surface area contributed by atoms with Crippen LogP contribution in [0.25, 0.3) is 0 Å². The molecule has 0 spiro atoms. The molecule has 3 rings (SSSR count). The summed E-state index contributed by atoms with van der Waals surface area (Å²) in [7, 11) is 0. The molecule has 108 valence electrons. The second kappa shape index (κ2) is 6.13. The third-order valence-electron chi connectivity index (χ3n) is 3.69. The Kier molecular flexibility index (Phi) is 4.06. The highest BCUT2D eigenvalue weighted by Gasteiger charge is 2.28. The maximum atomic E-state index is 12.2. The van der Waals surface area contributed by atoms with Gasteiger partial charge in [-0.3, -0.25) is 4.79 Å². The summed E-state index contributed by atoms with van der Waals surface area (Å²) in [5.74, 6) is 1.25. The monoisotopic (exact) mass is 276 g/mol. The summed E-state index contributed by atoms with van der Waals surface area (Å²) in [6.07, 6.45) is 2.77. The van der Waals surface area contributed by atoms with Crippen molar-refractivity contribution < 1.29 is 14.3 Å². The lowest BCUT2D eigenvalue weighted by atomic mass is 10.1. The Morgan fingerprint density at radius 3 is 3.00 bits per heavy atom. The number of para-hydroxylation sites is 2. The van der Waals surface area contributed by atoms with Gasteiger partial charge < -0.3 is 20.1 Å². The summed E-state index contributed by atoms with van der Waals surface area (Å²) in [5, 5.41) is 6.39. The van der Waals surface area contributed by atoms with Crippen molar-refractivity contribution in [2.75, 3.05) is 19.7 Å². The first kappa shape index (κ1) is 13.2. The van der Waals surface area contributed by atoms with Crippen molar-refractivity contribution >= 4 is 5.91 Å². The van der Waals surface area contributed by atoms with E-state index < -0.39 is 6.10 Å². The Hall–Kier alpha value is -1.75. The predicted molar refractivity (Wildman–Crippen MR) is 75.0 cm³/mol. The molecule has 1 fully saturated rings. The van der Waals surface area contributed by atoms with Crippen molar-refractivity contribution in [3.05, 3.63) is 24.3 Å². The zero-order chi connectivity index (χ0) is 13.8. The fraction of sp³-hybridized carbons (Fsp3) is 0.533. The second-order valence-corrected chi connectivity index (χ2v) is 5.27. The average Bonchev–Trinajstić information content (AvgIpc) is 2.75. The summed E-state index contributed by atoms with van der Waals surface area (Å²) in [6.45, 7) is 2.13. The SMILES string of the molecule is O=C(NC1CCCCNC1)C1COc2ccccc2O1. The smallest absolute Gasteiger partial charge is 0.264 e. The van der Waals surface area contributed by atoms with Crippen LogP contribution in [0.3, 0.4) is 0 Å². The second-order valence-electron chi connectivity index (χ2n) is 5.27. The highest BCUT2D eigenvalue weighted by Crippen LogP contribution is 2.30. The molecular weight excluding hydrogens is 256 g/mol. The van der Waals surface area contributed by atoms with Gasteiger partial charge in [-0.15, -0.1) is 0 Å². The molecule has 2 atom stereocenters. The summed E-state index contributed by atoms with van der Waals surface area (Å²) < 4.78 is 11.3. The molecule has 5 nitrogen and oxygen atoms in total. The first-order chi connectivity index (χ1) is 9.83. The fourth-order valence-electron chi connectivity index (χ4n) is 2.59. The third-order valence-corrected chi connectivity index (χ3v) is 3.69. The molecule has 1 amide bonds. The van der Waals surface area contributed by atoms with E-state index in [0.29, 0.717) is 11.5 Å². The highest BCUT2D eigenvalue weighted by atomic mass is 16.6. The molecule has 0 aliphatic carbocycles. The molecule has 1 aromatic rings. The zero-order valence-corrected chi connectivity index (χ0v) is 11.4. The van der Waals surface area contributed by atoms with Crippen LogP contribution in [-0.4, -0.2) is 37.7 Å². The molecule has 2 heterocycles. The quantitative estimate of drug-likeness (QED) is 0.849. The van der Waals surface area contributed by atoms with Gasteiger partial charge in [-0.25, -0.2) is 0 Å². The number of rotatable bonds is 2. The fourth-order valence-corrected chi connectivity index (χ4v) is 2.59. The largest absolute Gasteiger partial charge is 0.485 e. The van der Waals surface area contributed by atoms with Crippen LogP contribution < -0.4 is 20.1 Å². The molecule has 2 aliphatic heterocycles. The molecule has 2 aliphatic rings. The molecule has 2 unspecified atom stereocenters. The lowest BCUT2D eigenvalue weighted by Gasteiger charge is -2.27. The number of carbonyl (C=O) groups excluding carboxylic acids is 1. The number of hydrogen-bond acceptors (Lipinski definition) is 4. The Balaban J connectivity index is 1.58. The highest BCUT2D eigenvalue weighted by molar-refractivity contribution is 5.82. The lowest BCUT2D eigenvalue weighted by molar-refractivity contribution is -0.131. The van der Waals surface area contributed by atoms with Crippen LogP contribution in [0.1, 0.15) is 19.3 Å². The molecule has 5 heteroatoms. The van der Waals surface area contributed by atoms with E-state index in [2.05, 4.69) is 10.6 Å². The molecule has 1 saturated heterocycles. The van der Waals surface area contributed by atoms with Gasteiger partial charge in [0.2, 0.25) is 6.10 Å². The van der Waals surface area contributed by atoms with E-state index in [0.717, 1.165) is 25.9 Å². The van der Waals surface area contributed by atoms with Crippen molar-refractivity contribution in [3.63, 3.8) is 0 Å². The van der Waals surface area contributed by atoms with Crippen molar-refractivity contribution in [1.29, 1.82) is 0 Å². The minimum Gasteiger partial charge on any atom is -0.485 e. The molecular formula is C15H20N2O3. The van der Waals surface area contributed by atoms with Gasteiger partial charge in [0.05, 0.1) is 0 Å². The summed E-state index contributed by atoms with van der Waals surface area (Å²) in [6, 6.07) is 7.61. The normalized spacial score (nSPS) is 25.6. The summed E-state index contributed by atoms with van der Waals surface area (Å²) in [4.78, 5) is 12.2. The Bertz CT molecular complexity index is 470. The summed E-state index contributed by atoms with van der Waals surface area (Å²) >= 11 is 0. The van der Waals surface area contributed by atoms with E-state index >= 15 is 0 Å². The van der Waals surface area contributed by atoms with Crippen molar-refractivity contribution in [1.82, 2.24) is 10.6 Å². The van der Waals surface area contributed by atoms with E-state index in [4.69, 9.17) is 9.47 Å². The van der Waals surface area contributed by atoms with Crippen LogP contribution >= 0.6 is 0 Å². The van der Waals surface area contributed by atoms with Crippen molar-refractivity contribution in [3.8, 4) is 11.5 Å². The van der Waals surface area contributed by atoms with Gasteiger partial charge in [-0.1, -0.05) is 18.6 Å². The molecule has 1 aromatic carbocycles. The number of hydrogen-bond donors (Lipinski definition) is 2. The van der Waals surface area contributed by atoms with E-state index in [-0.39, 0.29) is 18.6 Å². The number of carbonyl (C=O) groups is 1. The first-order valence-electron chi connectivity index (χ1n) is 7.22. The third kappa shape index (κ3) is 3.04. The van der Waals surface area contributed by atoms with Crippen LogP contribution in [0, 0.1) is 0 Å². The molecule has 0 aromatic heterocycles. The van der Waals surface area contributed by atoms with E-state index in [1.54, 1.807) is 0 Å². The van der Waals surface area contributed by atoms with Crippen LogP contribution in [-0.2, 0) is 4.79 Å². The Morgan fingerprint density at radius 2 is 2.10 bits per heavy atom. The zero-order valence-electron chi connectivity index (χ0n) is 11.4. The number of nitrogens with one attached hydrogen (secondary N) is 2. The first-order valence-corrected chi connectivity index (χ1v) is 7.22. The van der Waals surface area contributed by atoms with Gasteiger partial charge in [0.1, 0.15) is 6.61 Å². The lowest BCUT2D eigenvalue weighted by Crippen LogP contribution is -2.49. The Labute approximate surface area is 118 Å². The van der Waals surface area contributed by atoms with Gasteiger partial charge in [0.25, 0.3) is 5.91 Å². The molecule has 2 N–H and O–H groups in total. The predicted octanol–water partition coefficient (Wildman–Crippen LogP) is 1.08. The Morgan fingerprint density at radius 1 is 1.25 bits per heavy atom. The van der Waals surface area contributed by atoms with Crippen molar-refractivity contribution in [2.24, 2.45) is 0 Å². The van der Waals surface area contributed by atoms with E-state index in [9.17, 15) is 4.79 Å².